The number of carboxylic acids is 1. The average molecular weight is 199 g/mol. The first kappa shape index (κ1) is 9.93. The summed E-state index contributed by atoms with van der Waals surface area (Å²) in [5, 5.41) is 8.99. The van der Waals surface area contributed by atoms with E-state index in [4.69, 9.17) is 9.84 Å². The lowest BCUT2D eigenvalue weighted by Gasteiger charge is -2.27. The Morgan fingerprint density at radius 3 is 2.50 bits per heavy atom. The third-order valence-electron chi connectivity index (χ3n) is 3.32. The van der Waals surface area contributed by atoms with Gasteiger partial charge in [-0.3, -0.25) is 9.69 Å². The maximum Gasteiger partial charge on any atom is 0.309 e. The van der Waals surface area contributed by atoms with E-state index in [0.29, 0.717) is 0 Å². The van der Waals surface area contributed by atoms with Crippen molar-refractivity contribution in [1.82, 2.24) is 4.90 Å². The zero-order chi connectivity index (χ0) is 10.0. The van der Waals surface area contributed by atoms with E-state index >= 15 is 0 Å². The zero-order valence-electron chi connectivity index (χ0n) is 8.37. The fourth-order valence-corrected chi connectivity index (χ4v) is 1.92. The van der Waals surface area contributed by atoms with Gasteiger partial charge in [-0.1, -0.05) is 0 Å². The van der Waals surface area contributed by atoms with Crippen molar-refractivity contribution >= 4 is 5.97 Å². The van der Waals surface area contributed by atoms with Crippen LogP contribution in [0.2, 0.25) is 0 Å². The van der Waals surface area contributed by atoms with Crippen molar-refractivity contribution in [2.45, 2.75) is 19.3 Å². The summed E-state index contributed by atoms with van der Waals surface area (Å²) in [7, 11) is 0. The first-order valence-electron chi connectivity index (χ1n) is 5.26. The summed E-state index contributed by atoms with van der Waals surface area (Å²) in [6, 6.07) is 0. The molecule has 0 unspecified atom stereocenters. The van der Waals surface area contributed by atoms with Crippen LogP contribution < -0.4 is 0 Å². The van der Waals surface area contributed by atoms with Gasteiger partial charge in [0.05, 0.1) is 18.6 Å². The number of hydrogen-bond donors (Lipinski definition) is 1. The average Bonchev–Trinajstić information content (AvgIpc) is 2.97. The number of rotatable bonds is 4. The topological polar surface area (TPSA) is 49.8 Å². The molecule has 2 aliphatic rings. The van der Waals surface area contributed by atoms with Gasteiger partial charge in [0.25, 0.3) is 0 Å². The molecule has 0 aromatic carbocycles. The van der Waals surface area contributed by atoms with E-state index in [1.54, 1.807) is 0 Å². The summed E-state index contributed by atoms with van der Waals surface area (Å²) >= 11 is 0. The van der Waals surface area contributed by atoms with Gasteiger partial charge in [-0.25, -0.2) is 0 Å². The Hall–Kier alpha value is -0.610. The monoisotopic (exact) mass is 199 g/mol. The first-order valence-corrected chi connectivity index (χ1v) is 5.26. The molecule has 0 radical (unpaired) electrons. The molecule has 2 fully saturated rings. The number of ether oxygens (including phenoxy) is 1. The maximum absolute atomic E-state index is 10.9. The van der Waals surface area contributed by atoms with Gasteiger partial charge in [0.2, 0.25) is 0 Å². The standard InChI is InChI=1S/C10H17NO3/c12-9(13)10(1-2-10)3-4-11-5-7-14-8-6-11/h1-8H2,(H,12,13). The molecule has 4 heteroatoms. The van der Waals surface area contributed by atoms with Crippen molar-refractivity contribution in [2.75, 3.05) is 32.8 Å². The molecule has 1 aliphatic carbocycles. The second kappa shape index (κ2) is 3.87. The highest BCUT2D eigenvalue weighted by molar-refractivity contribution is 5.77. The van der Waals surface area contributed by atoms with Gasteiger partial charge in [-0.05, 0) is 25.8 Å². The minimum atomic E-state index is -0.606. The summed E-state index contributed by atoms with van der Waals surface area (Å²) < 4.78 is 5.24. The van der Waals surface area contributed by atoms with Crippen LogP contribution >= 0.6 is 0 Å². The van der Waals surface area contributed by atoms with Crippen molar-refractivity contribution in [2.24, 2.45) is 5.41 Å². The Morgan fingerprint density at radius 2 is 2.00 bits per heavy atom. The molecule has 0 aromatic rings. The molecule has 1 saturated carbocycles. The van der Waals surface area contributed by atoms with Gasteiger partial charge < -0.3 is 9.84 Å². The predicted octanol–water partition coefficient (Wildman–Crippen LogP) is 0.573. The van der Waals surface area contributed by atoms with E-state index in [-0.39, 0.29) is 5.41 Å². The fraction of sp³-hybridized carbons (Fsp3) is 0.900. The summed E-state index contributed by atoms with van der Waals surface area (Å²) in [5.41, 5.74) is -0.363. The van der Waals surface area contributed by atoms with E-state index < -0.39 is 5.97 Å². The molecule has 0 atom stereocenters. The summed E-state index contributed by atoms with van der Waals surface area (Å²) in [6.45, 7) is 4.40. The zero-order valence-corrected chi connectivity index (χ0v) is 8.37. The SMILES string of the molecule is O=C(O)C1(CCN2CCOCC2)CC1. The smallest absolute Gasteiger partial charge is 0.309 e. The van der Waals surface area contributed by atoms with Crippen LogP contribution in [0, 0.1) is 5.41 Å². The highest BCUT2D eigenvalue weighted by Gasteiger charge is 2.49. The molecule has 1 N–H and O–H groups in total. The molecule has 1 heterocycles. The fourth-order valence-electron chi connectivity index (χ4n) is 1.92. The van der Waals surface area contributed by atoms with Gasteiger partial charge in [-0.2, -0.15) is 0 Å². The van der Waals surface area contributed by atoms with Crippen LogP contribution in [0.25, 0.3) is 0 Å². The first-order chi connectivity index (χ1) is 6.73. The van der Waals surface area contributed by atoms with E-state index in [9.17, 15) is 4.79 Å². The molecule has 1 aliphatic heterocycles. The van der Waals surface area contributed by atoms with Gasteiger partial charge in [0.1, 0.15) is 0 Å². The van der Waals surface area contributed by atoms with Gasteiger partial charge in [-0.15, -0.1) is 0 Å². The normalized spacial score (nSPS) is 26.0. The van der Waals surface area contributed by atoms with Gasteiger partial charge in [0, 0.05) is 13.1 Å². The van der Waals surface area contributed by atoms with Crippen molar-refractivity contribution in [3.8, 4) is 0 Å². The number of carbonyl (C=O) groups is 1. The molecule has 80 valence electrons. The van der Waals surface area contributed by atoms with E-state index in [2.05, 4.69) is 4.90 Å². The van der Waals surface area contributed by atoms with Gasteiger partial charge >= 0.3 is 5.97 Å². The van der Waals surface area contributed by atoms with Crippen LogP contribution in [0.4, 0.5) is 0 Å². The van der Waals surface area contributed by atoms with E-state index in [1.807, 2.05) is 0 Å². The third-order valence-corrected chi connectivity index (χ3v) is 3.32. The van der Waals surface area contributed by atoms with Crippen molar-refractivity contribution in [3.05, 3.63) is 0 Å². The van der Waals surface area contributed by atoms with Crippen molar-refractivity contribution in [3.63, 3.8) is 0 Å². The number of morpholine rings is 1. The Morgan fingerprint density at radius 1 is 1.36 bits per heavy atom. The molecule has 0 amide bonds. The third kappa shape index (κ3) is 2.07. The second-order valence-electron chi connectivity index (χ2n) is 4.29. The maximum atomic E-state index is 10.9. The van der Waals surface area contributed by atoms with Crippen molar-refractivity contribution in [1.29, 1.82) is 0 Å². The van der Waals surface area contributed by atoms with Crippen molar-refractivity contribution < 1.29 is 14.6 Å². The van der Waals surface area contributed by atoms with E-state index in [1.165, 1.54) is 0 Å². The lowest BCUT2D eigenvalue weighted by Crippen LogP contribution is -2.38. The minimum Gasteiger partial charge on any atom is -0.481 e. The molecular formula is C10H17NO3. The molecule has 4 nitrogen and oxygen atoms in total. The van der Waals surface area contributed by atoms with Crippen LogP contribution in [0.3, 0.4) is 0 Å². The molecule has 0 bridgehead atoms. The highest BCUT2D eigenvalue weighted by atomic mass is 16.5. The number of hydrogen-bond acceptors (Lipinski definition) is 3. The number of aliphatic carboxylic acids is 1. The Kier molecular flexibility index (Phi) is 2.74. The Bertz CT molecular complexity index is 219. The highest BCUT2D eigenvalue weighted by Crippen LogP contribution is 2.49. The molecule has 0 aromatic heterocycles. The van der Waals surface area contributed by atoms with Crippen LogP contribution in [-0.4, -0.2) is 48.8 Å². The minimum absolute atomic E-state index is 0.363. The molecule has 0 spiro atoms. The number of carboxylic acid groups (broad SMARTS) is 1. The molecule has 2 rings (SSSR count). The lowest BCUT2D eigenvalue weighted by molar-refractivity contribution is -0.143. The summed E-state index contributed by atoms with van der Waals surface area (Å²) in [5.74, 6) is -0.606. The Balaban J connectivity index is 1.73. The predicted molar refractivity (Wildman–Crippen MR) is 51.2 cm³/mol. The lowest BCUT2D eigenvalue weighted by atomic mass is 10.0. The Labute approximate surface area is 83.8 Å². The van der Waals surface area contributed by atoms with Crippen LogP contribution in [0.5, 0.6) is 0 Å². The van der Waals surface area contributed by atoms with Gasteiger partial charge in [0.15, 0.2) is 0 Å². The quantitative estimate of drug-likeness (QED) is 0.719. The molecule has 1 saturated heterocycles. The van der Waals surface area contributed by atoms with Crippen LogP contribution in [-0.2, 0) is 9.53 Å². The van der Waals surface area contributed by atoms with Crippen LogP contribution in [0.15, 0.2) is 0 Å². The summed E-state index contributed by atoms with van der Waals surface area (Å²) in [4.78, 5) is 13.2. The molecular weight excluding hydrogens is 182 g/mol. The number of nitrogens with zero attached hydrogens (tertiary/aromatic N) is 1. The molecule has 14 heavy (non-hydrogen) atoms. The largest absolute Gasteiger partial charge is 0.481 e. The van der Waals surface area contributed by atoms with Crippen LogP contribution in [0.1, 0.15) is 19.3 Å². The van der Waals surface area contributed by atoms with E-state index in [0.717, 1.165) is 52.1 Å². The second-order valence-corrected chi connectivity index (χ2v) is 4.29. The summed E-state index contributed by atoms with van der Waals surface area (Å²) in [6.07, 6.45) is 2.54.